The maximum atomic E-state index is 12.0. The Balaban J connectivity index is 2.19. The van der Waals surface area contributed by atoms with Crippen LogP contribution in [0.2, 0.25) is 5.02 Å². The molecule has 0 aliphatic heterocycles. The molecule has 0 fully saturated rings. The third kappa shape index (κ3) is 3.56. The molecule has 2 rings (SSSR count). The number of benzene rings is 2. The van der Waals surface area contributed by atoms with Gasteiger partial charge in [-0.05, 0) is 29.8 Å². The number of hydrogen-bond donors (Lipinski definition) is 2. The van der Waals surface area contributed by atoms with Gasteiger partial charge in [-0.15, -0.1) is 0 Å². The van der Waals surface area contributed by atoms with Gasteiger partial charge < -0.3 is 11.1 Å². The normalized spacial score (nSPS) is 10.2. The van der Waals surface area contributed by atoms with Crippen molar-refractivity contribution in [1.82, 2.24) is 0 Å². The van der Waals surface area contributed by atoms with E-state index in [0.717, 1.165) is 5.56 Å². The predicted octanol–water partition coefficient (Wildman–Crippen LogP) is 2.96. The van der Waals surface area contributed by atoms with E-state index in [2.05, 4.69) is 5.32 Å². The molecular weight excluding hydrogens is 294 g/mol. The van der Waals surface area contributed by atoms with Crippen LogP contribution in [-0.2, 0) is 6.54 Å². The van der Waals surface area contributed by atoms with Gasteiger partial charge in [0.1, 0.15) is 5.02 Å². The molecule has 0 heterocycles. The third-order valence-electron chi connectivity index (χ3n) is 2.85. The van der Waals surface area contributed by atoms with Crippen LogP contribution in [0.4, 0.5) is 11.4 Å². The Morgan fingerprint density at radius 1 is 1.24 bits per heavy atom. The van der Waals surface area contributed by atoms with E-state index in [4.69, 9.17) is 17.3 Å². The minimum Gasteiger partial charge on any atom is -0.326 e. The number of nitro benzene ring substituents is 1. The van der Waals surface area contributed by atoms with Crippen LogP contribution >= 0.6 is 11.6 Å². The van der Waals surface area contributed by atoms with Crippen molar-refractivity contribution < 1.29 is 9.72 Å². The van der Waals surface area contributed by atoms with Crippen molar-refractivity contribution in [3.63, 3.8) is 0 Å². The molecule has 0 saturated heterocycles. The molecule has 0 aliphatic rings. The fourth-order valence-electron chi connectivity index (χ4n) is 1.73. The predicted molar refractivity (Wildman–Crippen MR) is 80.4 cm³/mol. The van der Waals surface area contributed by atoms with Crippen molar-refractivity contribution in [3.8, 4) is 0 Å². The Labute approximate surface area is 125 Å². The summed E-state index contributed by atoms with van der Waals surface area (Å²) >= 11 is 5.71. The molecule has 7 heteroatoms. The van der Waals surface area contributed by atoms with Gasteiger partial charge in [0.25, 0.3) is 11.6 Å². The third-order valence-corrected chi connectivity index (χ3v) is 3.17. The van der Waals surface area contributed by atoms with Gasteiger partial charge in [-0.25, -0.2) is 0 Å². The lowest BCUT2D eigenvalue weighted by Gasteiger charge is -2.06. The van der Waals surface area contributed by atoms with E-state index in [1.165, 1.54) is 18.2 Å². The molecule has 0 aromatic heterocycles. The summed E-state index contributed by atoms with van der Waals surface area (Å²) in [5.41, 5.74) is 6.88. The summed E-state index contributed by atoms with van der Waals surface area (Å²) in [6.07, 6.45) is 0. The van der Waals surface area contributed by atoms with E-state index in [1.807, 2.05) is 0 Å². The van der Waals surface area contributed by atoms with Crippen molar-refractivity contribution in [3.05, 3.63) is 68.7 Å². The summed E-state index contributed by atoms with van der Waals surface area (Å²) in [5.74, 6) is -0.366. The van der Waals surface area contributed by atoms with Crippen molar-refractivity contribution in [2.45, 2.75) is 6.54 Å². The number of carbonyl (C=O) groups is 1. The maximum absolute atomic E-state index is 12.0. The van der Waals surface area contributed by atoms with E-state index in [0.29, 0.717) is 17.8 Å². The van der Waals surface area contributed by atoms with E-state index in [-0.39, 0.29) is 16.6 Å². The molecule has 0 bridgehead atoms. The number of nitro groups is 1. The zero-order valence-electron chi connectivity index (χ0n) is 10.9. The van der Waals surface area contributed by atoms with Gasteiger partial charge >= 0.3 is 0 Å². The molecule has 0 radical (unpaired) electrons. The highest BCUT2D eigenvalue weighted by Crippen LogP contribution is 2.27. The molecule has 2 aromatic rings. The highest BCUT2D eigenvalue weighted by Gasteiger charge is 2.14. The monoisotopic (exact) mass is 305 g/mol. The fraction of sp³-hybridized carbons (Fsp3) is 0.0714. The van der Waals surface area contributed by atoms with Crippen LogP contribution < -0.4 is 11.1 Å². The van der Waals surface area contributed by atoms with Crippen molar-refractivity contribution in [2.24, 2.45) is 5.73 Å². The van der Waals surface area contributed by atoms with E-state index >= 15 is 0 Å². The highest BCUT2D eigenvalue weighted by atomic mass is 35.5. The number of nitrogens with one attached hydrogen (secondary N) is 1. The smallest absolute Gasteiger partial charge is 0.289 e. The minimum absolute atomic E-state index is 0.0188. The van der Waals surface area contributed by atoms with E-state index in [9.17, 15) is 14.9 Å². The van der Waals surface area contributed by atoms with Crippen LogP contribution in [0.3, 0.4) is 0 Å². The van der Waals surface area contributed by atoms with E-state index < -0.39 is 4.92 Å². The first kappa shape index (κ1) is 15.0. The molecule has 108 valence electrons. The van der Waals surface area contributed by atoms with Crippen LogP contribution in [0.1, 0.15) is 15.9 Å². The zero-order valence-corrected chi connectivity index (χ0v) is 11.6. The zero-order chi connectivity index (χ0) is 15.4. The van der Waals surface area contributed by atoms with Gasteiger partial charge in [0, 0.05) is 23.9 Å². The standard InChI is InChI=1S/C14H12ClN3O3/c15-12-6-5-11(7-13(12)18(20)21)17-14(19)10-3-1-9(8-16)2-4-10/h1-7H,8,16H2,(H,17,19). The average molecular weight is 306 g/mol. The Morgan fingerprint density at radius 3 is 2.48 bits per heavy atom. The van der Waals surface area contributed by atoms with Crippen LogP contribution in [0.5, 0.6) is 0 Å². The first-order valence-corrected chi connectivity index (χ1v) is 6.43. The lowest BCUT2D eigenvalue weighted by Crippen LogP contribution is -2.12. The second-order valence-corrected chi connectivity index (χ2v) is 4.69. The SMILES string of the molecule is NCc1ccc(C(=O)Nc2ccc(Cl)c([N+](=O)[O-])c2)cc1. The van der Waals surface area contributed by atoms with Crippen molar-refractivity contribution in [2.75, 3.05) is 5.32 Å². The van der Waals surface area contributed by atoms with Crippen molar-refractivity contribution >= 4 is 28.9 Å². The molecule has 0 aliphatic carbocycles. The van der Waals surface area contributed by atoms with Gasteiger partial charge in [-0.1, -0.05) is 23.7 Å². The summed E-state index contributed by atoms with van der Waals surface area (Å²) in [6.45, 7) is 0.394. The van der Waals surface area contributed by atoms with Crippen LogP contribution in [-0.4, -0.2) is 10.8 Å². The highest BCUT2D eigenvalue weighted by molar-refractivity contribution is 6.32. The molecule has 0 atom stereocenters. The number of carbonyl (C=O) groups excluding carboxylic acids is 1. The Kier molecular flexibility index (Phi) is 4.52. The molecule has 21 heavy (non-hydrogen) atoms. The van der Waals surface area contributed by atoms with Crippen LogP contribution in [0.25, 0.3) is 0 Å². The number of nitrogens with two attached hydrogens (primary N) is 1. The van der Waals surface area contributed by atoms with E-state index in [1.54, 1.807) is 24.3 Å². The fourth-order valence-corrected chi connectivity index (χ4v) is 1.91. The Bertz CT molecular complexity index is 686. The molecule has 2 aromatic carbocycles. The topological polar surface area (TPSA) is 98.3 Å². The molecule has 0 spiro atoms. The van der Waals surface area contributed by atoms with Gasteiger partial charge in [0.2, 0.25) is 0 Å². The van der Waals surface area contributed by atoms with Gasteiger partial charge in [-0.2, -0.15) is 0 Å². The Morgan fingerprint density at radius 2 is 1.90 bits per heavy atom. The largest absolute Gasteiger partial charge is 0.326 e. The summed E-state index contributed by atoms with van der Waals surface area (Å²) in [7, 11) is 0. The summed E-state index contributed by atoms with van der Waals surface area (Å²) in [5, 5.41) is 13.4. The maximum Gasteiger partial charge on any atom is 0.289 e. The van der Waals surface area contributed by atoms with Crippen LogP contribution in [0.15, 0.2) is 42.5 Å². The summed E-state index contributed by atoms with van der Waals surface area (Å²) in [6, 6.07) is 10.9. The first-order chi connectivity index (χ1) is 10.0. The second kappa shape index (κ2) is 6.34. The first-order valence-electron chi connectivity index (χ1n) is 6.05. The van der Waals surface area contributed by atoms with Gasteiger partial charge in [0.05, 0.1) is 4.92 Å². The lowest BCUT2D eigenvalue weighted by atomic mass is 10.1. The van der Waals surface area contributed by atoms with Crippen molar-refractivity contribution in [1.29, 1.82) is 0 Å². The number of hydrogen-bond acceptors (Lipinski definition) is 4. The van der Waals surface area contributed by atoms with Gasteiger partial charge in [-0.3, -0.25) is 14.9 Å². The number of rotatable bonds is 4. The quantitative estimate of drug-likeness (QED) is 0.670. The number of halogens is 1. The number of anilines is 1. The molecular formula is C14H12ClN3O3. The molecule has 6 nitrogen and oxygen atoms in total. The number of nitrogens with zero attached hydrogens (tertiary/aromatic N) is 1. The minimum atomic E-state index is -0.603. The summed E-state index contributed by atoms with van der Waals surface area (Å²) < 4.78 is 0. The Hall–Kier alpha value is -2.44. The molecule has 3 N–H and O–H groups in total. The molecule has 0 unspecified atom stereocenters. The molecule has 0 saturated carbocycles. The molecule has 1 amide bonds. The average Bonchev–Trinajstić information content (AvgIpc) is 2.49. The summed E-state index contributed by atoms with van der Waals surface area (Å²) in [4.78, 5) is 22.2. The van der Waals surface area contributed by atoms with Crippen LogP contribution in [0, 0.1) is 10.1 Å². The number of amides is 1. The van der Waals surface area contributed by atoms with Gasteiger partial charge in [0.15, 0.2) is 0 Å². The second-order valence-electron chi connectivity index (χ2n) is 4.28. The lowest BCUT2D eigenvalue weighted by molar-refractivity contribution is -0.384.